The fourth-order valence-electron chi connectivity index (χ4n) is 5.38. The number of pyridine rings is 1. The Morgan fingerprint density at radius 3 is 2.42 bits per heavy atom. The quantitative estimate of drug-likeness (QED) is 0.143. The molecule has 0 aliphatic rings. The Labute approximate surface area is 259 Å². The van der Waals surface area contributed by atoms with Gasteiger partial charge in [0, 0.05) is 28.9 Å². The van der Waals surface area contributed by atoms with Gasteiger partial charge in [-0.25, -0.2) is 9.97 Å². The van der Waals surface area contributed by atoms with Crippen LogP contribution < -0.4 is 4.74 Å². The molecule has 0 saturated heterocycles. The molecule has 0 radical (unpaired) electrons. The average molecular weight is 635 g/mol. The second-order valence-corrected chi connectivity index (χ2v) is 11.7. The van der Waals surface area contributed by atoms with E-state index in [1.54, 1.807) is 0 Å². The Bertz CT molecular complexity index is 1890. The van der Waals surface area contributed by atoms with Gasteiger partial charge in [0.15, 0.2) is 0 Å². The summed E-state index contributed by atoms with van der Waals surface area (Å²) in [6.45, 7) is 5.03. The molecule has 0 bridgehead atoms. The number of nitrogens with zero attached hydrogens (tertiary/aromatic N) is 3. The highest BCUT2D eigenvalue weighted by Crippen LogP contribution is 2.32. The Morgan fingerprint density at radius 1 is 0.860 bits per heavy atom. The maximum atomic E-state index is 13.5. The summed E-state index contributed by atoms with van der Waals surface area (Å²) in [6, 6.07) is 36.1. The number of ether oxygens (including phenoxy) is 2. The first kappa shape index (κ1) is 28.6. The lowest BCUT2D eigenvalue weighted by atomic mass is 9.79. The molecule has 6 aromatic rings. The van der Waals surface area contributed by atoms with Crippen LogP contribution in [0.15, 0.2) is 114 Å². The number of carbonyl (C=O) groups excluding carboxylic acids is 1. The van der Waals surface area contributed by atoms with Crippen LogP contribution in [0.5, 0.6) is 5.75 Å². The Morgan fingerprint density at radius 2 is 1.63 bits per heavy atom. The predicted octanol–water partition coefficient (Wildman–Crippen LogP) is 8.04. The number of halogens is 1. The van der Waals surface area contributed by atoms with E-state index in [0.717, 1.165) is 49.1 Å². The van der Waals surface area contributed by atoms with E-state index in [0.29, 0.717) is 31.9 Å². The Balaban J connectivity index is 1.36. The highest BCUT2D eigenvalue weighted by Gasteiger charge is 2.38. The number of para-hydroxylation sites is 1. The van der Waals surface area contributed by atoms with Gasteiger partial charge in [-0.2, -0.15) is 0 Å². The van der Waals surface area contributed by atoms with Gasteiger partial charge in [-0.15, -0.1) is 0 Å². The second-order valence-electron chi connectivity index (χ2n) is 10.8. The highest BCUT2D eigenvalue weighted by molar-refractivity contribution is 9.10. The molecular formula is C36H32BrN3O3. The molecule has 6 nitrogen and oxygen atoms in total. The molecule has 216 valence electrons. The molecule has 43 heavy (non-hydrogen) atoms. The lowest BCUT2D eigenvalue weighted by Gasteiger charge is -2.28. The Hall–Kier alpha value is -4.49. The third-order valence-corrected chi connectivity index (χ3v) is 8.27. The zero-order chi connectivity index (χ0) is 29.8. The van der Waals surface area contributed by atoms with Crippen molar-refractivity contribution >= 4 is 43.8 Å². The van der Waals surface area contributed by atoms with E-state index in [2.05, 4.69) is 38.7 Å². The van der Waals surface area contributed by atoms with Crippen LogP contribution in [-0.2, 0) is 34.5 Å². The van der Waals surface area contributed by atoms with Crippen LogP contribution in [-0.4, -0.2) is 27.1 Å². The fourth-order valence-corrected chi connectivity index (χ4v) is 5.65. The van der Waals surface area contributed by atoms with Gasteiger partial charge in [0.25, 0.3) is 0 Å². The maximum absolute atomic E-state index is 13.5. The number of imidazole rings is 1. The van der Waals surface area contributed by atoms with Crippen molar-refractivity contribution in [3.05, 3.63) is 136 Å². The van der Waals surface area contributed by atoms with E-state index >= 15 is 0 Å². The summed E-state index contributed by atoms with van der Waals surface area (Å²) >= 11 is 3.54. The van der Waals surface area contributed by atoms with Gasteiger partial charge in [-0.05, 0) is 61.4 Å². The molecule has 7 heteroatoms. The molecular weight excluding hydrogens is 602 g/mol. The van der Waals surface area contributed by atoms with Crippen LogP contribution in [0.2, 0.25) is 0 Å². The van der Waals surface area contributed by atoms with Crippen LogP contribution in [0.3, 0.4) is 0 Å². The first-order chi connectivity index (χ1) is 20.9. The normalized spacial score (nSPS) is 12.7. The molecule has 0 spiro atoms. The molecule has 6 rings (SSSR count). The second kappa shape index (κ2) is 12.4. The maximum Gasteiger partial charge on any atom is 0.316 e. The van der Waals surface area contributed by atoms with E-state index in [-0.39, 0.29) is 5.97 Å². The number of aromatic nitrogens is 3. The topological polar surface area (TPSA) is 66.2 Å². The van der Waals surface area contributed by atoms with Crippen molar-refractivity contribution in [3.63, 3.8) is 0 Å². The molecule has 0 aliphatic carbocycles. The van der Waals surface area contributed by atoms with Crippen molar-refractivity contribution in [3.8, 4) is 5.75 Å². The molecule has 0 saturated carbocycles. The zero-order valence-corrected chi connectivity index (χ0v) is 25.8. The van der Waals surface area contributed by atoms with E-state index in [9.17, 15) is 4.79 Å². The molecule has 0 aliphatic heterocycles. The van der Waals surface area contributed by atoms with Gasteiger partial charge in [0.05, 0.1) is 34.3 Å². The summed E-state index contributed by atoms with van der Waals surface area (Å²) in [5.74, 6) is 1.24. The van der Waals surface area contributed by atoms with Crippen LogP contribution in [0.4, 0.5) is 0 Å². The van der Waals surface area contributed by atoms with E-state index in [4.69, 9.17) is 19.4 Å². The largest absolute Gasteiger partial charge is 0.487 e. The van der Waals surface area contributed by atoms with E-state index in [1.165, 1.54) is 0 Å². The summed E-state index contributed by atoms with van der Waals surface area (Å²) in [6.07, 6.45) is 0.373. The van der Waals surface area contributed by atoms with Crippen LogP contribution >= 0.6 is 15.9 Å². The van der Waals surface area contributed by atoms with Crippen molar-refractivity contribution in [1.82, 2.24) is 14.5 Å². The van der Waals surface area contributed by atoms with Gasteiger partial charge in [0.1, 0.15) is 18.2 Å². The number of hydrogen-bond donors (Lipinski definition) is 0. The molecule has 0 amide bonds. The number of rotatable bonds is 10. The molecule has 2 heterocycles. The van der Waals surface area contributed by atoms with E-state index in [1.807, 2.05) is 105 Å². The van der Waals surface area contributed by atoms with Crippen molar-refractivity contribution in [1.29, 1.82) is 0 Å². The van der Waals surface area contributed by atoms with Gasteiger partial charge < -0.3 is 14.0 Å². The molecule has 0 N–H and O–H groups in total. The number of fused-ring (bicyclic) bond motifs is 2. The van der Waals surface area contributed by atoms with E-state index < -0.39 is 5.41 Å². The van der Waals surface area contributed by atoms with Gasteiger partial charge in [-0.1, -0.05) is 82.7 Å². The zero-order valence-electron chi connectivity index (χ0n) is 24.2. The summed E-state index contributed by atoms with van der Waals surface area (Å²) in [5, 5.41) is 1.10. The number of benzene rings is 4. The van der Waals surface area contributed by atoms with Crippen LogP contribution in [0, 0.1) is 0 Å². The third-order valence-electron chi connectivity index (χ3n) is 7.74. The molecule has 0 fully saturated rings. The minimum Gasteiger partial charge on any atom is -0.487 e. The van der Waals surface area contributed by atoms with Gasteiger partial charge in [0.2, 0.25) is 0 Å². The standard InChI is InChI=1S/C36H32BrN3O3/c1-3-42-35(41)36(2,27-10-5-4-6-11-27)22-34-39-32-21-30(43-24-29-18-15-26-9-7-8-12-31(26)38-29)19-20-33(32)40(34)23-25-13-16-28(37)17-14-25/h4-21H,3,22-24H2,1-2H3. The lowest BCUT2D eigenvalue weighted by molar-refractivity contribution is -0.149. The van der Waals surface area contributed by atoms with Crippen LogP contribution in [0.1, 0.15) is 36.5 Å². The van der Waals surface area contributed by atoms with Crippen LogP contribution in [0.25, 0.3) is 21.9 Å². The minimum absolute atomic E-state index is 0.268. The van der Waals surface area contributed by atoms with Gasteiger partial charge >= 0.3 is 5.97 Å². The number of esters is 1. The summed E-state index contributed by atoms with van der Waals surface area (Å²) in [5.41, 5.74) is 4.67. The first-order valence-corrected chi connectivity index (χ1v) is 15.2. The number of carbonyl (C=O) groups is 1. The number of hydrogen-bond acceptors (Lipinski definition) is 5. The smallest absolute Gasteiger partial charge is 0.316 e. The molecule has 4 aromatic carbocycles. The van der Waals surface area contributed by atoms with Gasteiger partial charge in [-0.3, -0.25) is 4.79 Å². The van der Waals surface area contributed by atoms with Crippen molar-refractivity contribution in [2.24, 2.45) is 0 Å². The molecule has 1 unspecified atom stereocenters. The predicted molar refractivity (Wildman–Crippen MR) is 173 cm³/mol. The summed E-state index contributed by atoms with van der Waals surface area (Å²) < 4.78 is 15.0. The highest BCUT2D eigenvalue weighted by atomic mass is 79.9. The van der Waals surface area contributed by atoms with Crippen molar-refractivity contribution in [2.45, 2.75) is 38.8 Å². The Kier molecular flexibility index (Phi) is 8.25. The lowest BCUT2D eigenvalue weighted by Crippen LogP contribution is -2.37. The third kappa shape index (κ3) is 6.18. The van der Waals surface area contributed by atoms with Crippen molar-refractivity contribution in [2.75, 3.05) is 6.61 Å². The average Bonchev–Trinajstić information content (AvgIpc) is 3.36. The fraction of sp³-hybridized carbons (Fsp3) is 0.194. The monoisotopic (exact) mass is 633 g/mol. The molecule has 1 atom stereocenters. The van der Waals surface area contributed by atoms with Crippen molar-refractivity contribution < 1.29 is 14.3 Å². The summed E-state index contributed by atoms with van der Waals surface area (Å²) in [4.78, 5) is 23.3. The SMILES string of the molecule is CCOC(=O)C(C)(Cc1nc2cc(OCc3ccc4ccccc4n3)ccc2n1Cc1ccc(Br)cc1)c1ccccc1. The minimum atomic E-state index is -0.919. The summed E-state index contributed by atoms with van der Waals surface area (Å²) in [7, 11) is 0. The first-order valence-electron chi connectivity index (χ1n) is 14.4. The molecule has 2 aromatic heterocycles.